The molecule has 3 atom stereocenters. The van der Waals surface area contributed by atoms with Gasteiger partial charge in [0.15, 0.2) is 0 Å². The molecule has 0 bridgehead atoms. The first-order valence-electron chi connectivity index (χ1n) is 9.80. The van der Waals surface area contributed by atoms with E-state index >= 15 is 0 Å². The number of fused-ring (bicyclic) bond motifs is 3. The number of aromatic nitrogens is 1. The number of amides is 1. The Kier molecular flexibility index (Phi) is 4.75. The van der Waals surface area contributed by atoms with Crippen molar-refractivity contribution in [1.29, 1.82) is 0 Å². The van der Waals surface area contributed by atoms with Gasteiger partial charge >= 0.3 is 6.18 Å². The third-order valence-corrected chi connectivity index (χ3v) is 6.37. The van der Waals surface area contributed by atoms with Crippen molar-refractivity contribution in [2.24, 2.45) is 11.3 Å². The zero-order valence-corrected chi connectivity index (χ0v) is 16.4. The number of hydrogen-bond donors (Lipinski definition) is 1. The number of nitrogens with zero attached hydrogens (tertiary/aromatic N) is 1. The normalized spacial score (nSPS) is 25.8. The number of hydrogen-bond acceptors (Lipinski definition) is 2. The standard InChI is InChI=1S/C23H23F3N2O/c1-14-20(4-3-11-27-14)28-21(29)16-5-7-18-15(12-16)9-10-22(2)13-17(23(24,25)26)6-8-19(18)22/h3-5,7,9-12,17,19H,6,8,13H2,1-2H3,(H,28,29)/t17?,19?,22-/m1/s1. The van der Waals surface area contributed by atoms with Gasteiger partial charge < -0.3 is 5.32 Å². The van der Waals surface area contributed by atoms with Gasteiger partial charge in [0.2, 0.25) is 0 Å². The Morgan fingerprint density at radius 1 is 1.24 bits per heavy atom. The van der Waals surface area contributed by atoms with Crippen LogP contribution in [-0.4, -0.2) is 17.1 Å². The van der Waals surface area contributed by atoms with Crippen molar-refractivity contribution >= 4 is 17.7 Å². The zero-order valence-electron chi connectivity index (χ0n) is 16.4. The van der Waals surface area contributed by atoms with Gasteiger partial charge in [0.25, 0.3) is 5.91 Å². The van der Waals surface area contributed by atoms with Gasteiger partial charge in [0.05, 0.1) is 17.3 Å². The number of carbonyl (C=O) groups excluding carboxylic acids is 1. The molecule has 2 aliphatic rings. The molecule has 6 heteroatoms. The molecule has 0 aliphatic heterocycles. The quantitative estimate of drug-likeness (QED) is 0.660. The first-order valence-corrected chi connectivity index (χ1v) is 9.80. The molecule has 1 amide bonds. The van der Waals surface area contributed by atoms with E-state index in [9.17, 15) is 18.0 Å². The number of alkyl halides is 3. The highest BCUT2D eigenvalue weighted by molar-refractivity contribution is 6.05. The molecule has 0 radical (unpaired) electrons. The van der Waals surface area contributed by atoms with E-state index in [-0.39, 0.29) is 24.7 Å². The summed E-state index contributed by atoms with van der Waals surface area (Å²) in [6.07, 6.45) is 2.06. The van der Waals surface area contributed by atoms with E-state index in [1.807, 2.05) is 38.1 Å². The minimum Gasteiger partial charge on any atom is -0.320 e. The van der Waals surface area contributed by atoms with Crippen LogP contribution in [0.1, 0.15) is 59.3 Å². The second-order valence-corrected chi connectivity index (χ2v) is 8.35. The predicted molar refractivity (Wildman–Crippen MR) is 107 cm³/mol. The van der Waals surface area contributed by atoms with Gasteiger partial charge in [-0.3, -0.25) is 9.78 Å². The average Bonchev–Trinajstić information content (AvgIpc) is 2.67. The van der Waals surface area contributed by atoms with Gasteiger partial charge in [-0.15, -0.1) is 0 Å². The fourth-order valence-electron chi connectivity index (χ4n) is 4.72. The Morgan fingerprint density at radius 2 is 2.03 bits per heavy atom. The van der Waals surface area contributed by atoms with Crippen molar-refractivity contribution in [3.63, 3.8) is 0 Å². The Hall–Kier alpha value is -2.63. The van der Waals surface area contributed by atoms with Crippen LogP contribution >= 0.6 is 0 Å². The number of pyridine rings is 1. The maximum atomic E-state index is 13.2. The average molecular weight is 400 g/mol. The van der Waals surface area contributed by atoms with Gasteiger partial charge in [0, 0.05) is 11.8 Å². The summed E-state index contributed by atoms with van der Waals surface area (Å²) in [6.45, 7) is 3.74. The molecule has 1 N–H and O–H groups in total. The van der Waals surface area contributed by atoms with Crippen molar-refractivity contribution in [2.45, 2.75) is 45.2 Å². The summed E-state index contributed by atoms with van der Waals surface area (Å²) in [7, 11) is 0. The number of halogens is 3. The summed E-state index contributed by atoms with van der Waals surface area (Å²) < 4.78 is 39.7. The lowest BCUT2D eigenvalue weighted by atomic mass is 9.59. The number of aryl methyl sites for hydroxylation is 1. The number of nitrogens with one attached hydrogen (secondary N) is 1. The summed E-state index contributed by atoms with van der Waals surface area (Å²) >= 11 is 0. The molecule has 29 heavy (non-hydrogen) atoms. The smallest absolute Gasteiger partial charge is 0.320 e. The topological polar surface area (TPSA) is 42.0 Å². The molecule has 152 valence electrons. The molecule has 0 spiro atoms. The Morgan fingerprint density at radius 3 is 2.76 bits per heavy atom. The lowest BCUT2D eigenvalue weighted by molar-refractivity contribution is -0.190. The summed E-state index contributed by atoms with van der Waals surface area (Å²) in [5, 5.41) is 2.87. The number of anilines is 1. The maximum Gasteiger partial charge on any atom is 0.391 e. The maximum absolute atomic E-state index is 13.2. The summed E-state index contributed by atoms with van der Waals surface area (Å²) in [4.78, 5) is 16.8. The molecule has 1 saturated carbocycles. The molecule has 2 unspecified atom stereocenters. The van der Waals surface area contributed by atoms with Crippen molar-refractivity contribution in [1.82, 2.24) is 4.98 Å². The van der Waals surface area contributed by atoms with Crippen LogP contribution in [0.15, 0.2) is 42.6 Å². The molecule has 4 rings (SSSR count). The fraction of sp³-hybridized carbons (Fsp3) is 0.391. The summed E-state index contributed by atoms with van der Waals surface area (Å²) in [5.41, 5.74) is 3.34. The minimum atomic E-state index is -4.14. The van der Waals surface area contributed by atoms with Crippen LogP contribution < -0.4 is 5.32 Å². The second kappa shape index (κ2) is 7.01. The van der Waals surface area contributed by atoms with Gasteiger partial charge in [-0.25, -0.2) is 0 Å². The third-order valence-electron chi connectivity index (χ3n) is 6.37. The van der Waals surface area contributed by atoms with Crippen molar-refractivity contribution < 1.29 is 18.0 Å². The second-order valence-electron chi connectivity index (χ2n) is 8.35. The fourth-order valence-corrected chi connectivity index (χ4v) is 4.72. The highest BCUT2D eigenvalue weighted by atomic mass is 19.4. The largest absolute Gasteiger partial charge is 0.391 e. The van der Waals surface area contributed by atoms with Gasteiger partial charge in [-0.05, 0) is 72.9 Å². The van der Waals surface area contributed by atoms with Crippen LogP contribution in [-0.2, 0) is 0 Å². The van der Waals surface area contributed by atoms with Gasteiger partial charge in [-0.1, -0.05) is 25.1 Å². The Labute approximate surface area is 168 Å². The monoisotopic (exact) mass is 400 g/mol. The molecular formula is C23H23F3N2O. The van der Waals surface area contributed by atoms with Crippen molar-refractivity contribution in [3.8, 4) is 0 Å². The first kappa shape index (κ1) is 19.7. The van der Waals surface area contributed by atoms with E-state index in [1.165, 1.54) is 0 Å². The van der Waals surface area contributed by atoms with E-state index in [4.69, 9.17) is 0 Å². The lowest BCUT2D eigenvalue weighted by Gasteiger charge is -2.46. The van der Waals surface area contributed by atoms with Crippen LogP contribution in [0.2, 0.25) is 0 Å². The SMILES string of the molecule is Cc1ncccc1NC(=O)c1ccc2c(c1)C=C[C@]1(C)CC(C(F)(F)F)CCC21. The molecular weight excluding hydrogens is 377 g/mol. The van der Waals surface area contributed by atoms with Crippen molar-refractivity contribution in [3.05, 3.63) is 65.0 Å². The molecule has 2 aromatic rings. The number of carbonyl (C=O) groups is 1. The van der Waals surface area contributed by atoms with E-state index < -0.39 is 17.5 Å². The molecule has 3 nitrogen and oxygen atoms in total. The van der Waals surface area contributed by atoms with E-state index in [1.54, 1.807) is 24.4 Å². The van der Waals surface area contributed by atoms with Crippen LogP contribution in [0.25, 0.3) is 6.08 Å². The number of benzene rings is 1. The summed E-state index contributed by atoms with van der Waals surface area (Å²) in [5.74, 6) is -1.44. The third kappa shape index (κ3) is 3.68. The number of allylic oxidation sites excluding steroid dienone is 1. The molecule has 0 saturated heterocycles. The highest BCUT2D eigenvalue weighted by Crippen LogP contribution is 2.56. The van der Waals surface area contributed by atoms with Crippen LogP contribution in [0.5, 0.6) is 0 Å². The van der Waals surface area contributed by atoms with Crippen LogP contribution in [0.4, 0.5) is 18.9 Å². The zero-order chi connectivity index (χ0) is 20.8. The van der Waals surface area contributed by atoms with Crippen LogP contribution in [0.3, 0.4) is 0 Å². The predicted octanol–water partition coefficient (Wildman–Crippen LogP) is 6.12. The van der Waals surface area contributed by atoms with E-state index in [0.717, 1.165) is 16.8 Å². The van der Waals surface area contributed by atoms with Gasteiger partial charge in [0.1, 0.15) is 0 Å². The van der Waals surface area contributed by atoms with E-state index in [2.05, 4.69) is 10.3 Å². The number of rotatable bonds is 2. The Bertz CT molecular complexity index is 982. The highest BCUT2D eigenvalue weighted by Gasteiger charge is 2.50. The minimum absolute atomic E-state index is 0.0405. The summed E-state index contributed by atoms with van der Waals surface area (Å²) in [6, 6.07) is 9.04. The molecule has 2 aliphatic carbocycles. The molecule has 1 aromatic carbocycles. The first-order chi connectivity index (χ1) is 13.7. The van der Waals surface area contributed by atoms with Crippen molar-refractivity contribution in [2.75, 3.05) is 5.32 Å². The van der Waals surface area contributed by atoms with E-state index in [0.29, 0.717) is 17.7 Å². The molecule has 1 fully saturated rings. The molecule has 1 aromatic heterocycles. The van der Waals surface area contributed by atoms with Gasteiger partial charge in [-0.2, -0.15) is 13.2 Å². The molecule has 1 heterocycles. The lowest BCUT2D eigenvalue weighted by Crippen LogP contribution is -2.39. The Balaban J connectivity index is 1.58. The van der Waals surface area contributed by atoms with Crippen LogP contribution in [0, 0.1) is 18.3 Å².